The van der Waals surface area contributed by atoms with Gasteiger partial charge in [-0.25, -0.2) is 0 Å². The van der Waals surface area contributed by atoms with Crippen LogP contribution in [0.2, 0.25) is 0 Å². The molecule has 2 saturated carbocycles. The summed E-state index contributed by atoms with van der Waals surface area (Å²) in [6, 6.07) is 44.5. The molecule has 3 heteroatoms. The van der Waals surface area contributed by atoms with E-state index in [0.717, 1.165) is 25.2 Å². The summed E-state index contributed by atoms with van der Waals surface area (Å²) in [6.45, 7) is 2.55. The molecule has 188 valence electrons. The average Bonchev–Trinajstić information content (AvgIpc) is 3.34. The minimum Gasteiger partial charge on any atom is -0.393 e. The van der Waals surface area contributed by atoms with Gasteiger partial charge in [-0.05, 0) is 80.0 Å². The molecular formula is C34H36OP2. The van der Waals surface area contributed by atoms with Gasteiger partial charge in [0.05, 0.1) is 6.10 Å². The fourth-order valence-corrected chi connectivity index (χ4v) is 13.2. The summed E-state index contributed by atoms with van der Waals surface area (Å²) >= 11 is 0. The molecule has 0 spiro atoms. The van der Waals surface area contributed by atoms with Crippen LogP contribution in [0.1, 0.15) is 26.2 Å². The van der Waals surface area contributed by atoms with E-state index < -0.39 is 15.8 Å². The monoisotopic (exact) mass is 522 g/mol. The van der Waals surface area contributed by atoms with Crippen molar-refractivity contribution in [3.05, 3.63) is 121 Å². The van der Waals surface area contributed by atoms with Gasteiger partial charge in [0, 0.05) is 5.41 Å². The second-order valence-corrected chi connectivity index (χ2v) is 15.5. The average molecular weight is 523 g/mol. The number of hydrogen-bond acceptors (Lipinski definition) is 1. The maximum absolute atomic E-state index is 11.8. The van der Waals surface area contributed by atoms with Gasteiger partial charge in [0.2, 0.25) is 0 Å². The van der Waals surface area contributed by atoms with Gasteiger partial charge in [0.15, 0.2) is 0 Å². The van der Waals surface area contributed by atoms with Gasteiger partial charge in [-0.1, -0.05) is 128 Å². The minimum absolute atomic E-state index is 0.0564. The molecule has 0 aliphatic heterocycles. The highest BCUT2D eigenvalue weighted by Gasteiger charge is 2.66. The lowest BCUT2D eigenvalue weighted by Gasteiger charge is -2.46. The van der Waals surface area contributed by atoms with Crippen molar-refractivity contribution < 1.29 is 5.11 Å². The second kappa shape index (κ2) is 10.5. The number of rotatable bonds is 8. The molecule has 2 fully saturated rings. The van der Waals surface area contributed by atoms with E-state index in [1.807, 2.05) is 0 Å². The van der Waals surface area contributed by atoms with Crippen LogP contribution in [0.15, 0.2) is 121 Å². The molecule has 37 heavy (non-hydrogen) atoms. The fraction of sp³-hybridized carbons (Fsp3) is 0.294. The molecule has 6 rings (SSSR count). The highest BCUT2D eigenvalue weighted by Crippen LogP contribution is 2.71. The van der Waals surface area contributed by atoms with Gasteiger partial charge in [-0.15, -0.1) is 0 Å². The fourth-order valence-electron chi connectivity index (χ4n) is 7.22. The minimum atomic E-state index is -0.561. The largest absolute Gasteiger partial charge is 0.393 e. The van der Waals surface area contributed by atoms with E-state index in [1.54, 1.807) is 0 Å². The Bertz CT molecular complexity index is 1220. The maximum Gasteiger partial charge on any atom is 0.0608 e. The van der Waals surface area contributed by atoms with Gasteiger partial charge in [-0.3, -0.25) is 0 Å². The molecule has 2 aliphatic rings. The lowest BCUT2D eigenvalue weighted by molar-refractivity contribution is 0.0176. The smallest absolute Gasteiger partial charge is 0.0608 e. The third-order valence-corrected chi connectivity index (χ3v) is 14.9. The summed E-state index contributed by atoms with van der Waals surface area (Å²) in [5.74, 6) is 0.586. The molecule has 2 bridgehead atoms. The van der Waals surface area contributed by atoms with Crippen LogP contribution in [0.25, 0.3) is 0 Å². The Hall–Kier alpha value is -2.30. The lowest BCUT2D eigenvalue weighted by atomic mass is 9.69. The van der Waals surface area contributed by atoms with E-state index in [1.165, 1.54) is 27.6 Å². The highest BCUT2D eigenvalue weighted by molar-refractivity contribution is 7.73. The van der Waals surface area contributed by atoms with E-state index in [0.29, 0.717) is 5.92 Å². The Morgan fingerprint density at radius 2 is 1.00 bits per heavy atom. The predicted octanol–water partition coefficient (Wildman–Crippen LogP) is 6.42. The highest BCUT2D eigenvalue weighted by atomic mass is 31.1. The van der Waals surface area contributed by atoms with Crippen LogP contribution in [0.3, 0.4) is 0 Å². The summed E-state index contributed by atoms with van der Waals surface area (Å²) in [6.07, 6.45) is 5.32. The van der Waals surface area contributed by atoms with Gasteiger partial charge in [-0.2, -0.15) is 0 Å². The third kappa shape index (κ3) is 4.51. The number of aliphatic hydroxyl groups is 1. The number of fused-ring (bicyclic) bond motifs is 2. The van der Waals surface area contributed by atoms with Crippen molar-refractivity contribution in [3.63, 3.8) is 0 Å². The van der Waals surface area contributed by atoms with Gasteiger partial charge >= 0.3 is 0 Å². The van der Waals surface area contributed by atoms with Crippen molar-refractivity contribution in [2.75, 3.05) is 12.3 Å². The zero-order valence-corrected chi connectivity index (χ0v) is 23.4. The lowest BCUT2D eigenvalue weighted by Crippen LogP contribution is -2.46. The van der Waals surface area contributed by atoms with Crippen LogP contribution in [-0.2, 0) is 0 Å². The van der Waals surface area contributed by atoms with Gasteiger partial charge in [0.1, 0.15) is 0 Å². The molecule has 0 heterocycles. The van der Waals surface area contributed by atoms with Gasteiger partial charge < -0.3 is 5.11 Å². The molecule has 2 aliphatic carbocycles. The Morgan fingerprint density at radius 3 is 1.38 bits per heavy atom. The molecule has 0 saturated heterocycles. The van der Waals surface area contributed by atoms with Crippen LogP contribution in [0, 0.1) is 16.7 Å². The Kier molecular flexibility index (Phi) is 7.07. The molecule has 4 atom stereocenters. The van der Waals surface area contributed by atoms with Crippen molar-refractivity contribution in [2.24, 2.45) is 16.7 Å². The van der Waals surface area contributed by atoms with E-state index in [-0.39, 0.29) is 16.9 Å². The van der Waals surface area contributed by atoms with Crippen LogP contribution >= 0.6 is 15.8 Å². The Labute approximate surface area is 224 Å². The third-order valence-electron chi connectivity index (χ3n) is 9.32. The zero-order chi connectivity index (χ0) is 25.3. The Morgan fingerprint density at radius 1 is 0.622 bits per heavy atom. The molecule has 1 N–H and O–H groups in total. The summed E-state index contributed by atoms with van der Waals surface area (Å²) in [5.41, 5.74) is 0.0488. The molecule has 0 aromatic heterocycles. The quantitative estimate of drug-likeness (QED) is 0.265. The number of hydrogen-bond donors (Lipinski definition) is 1. The molecular weight excluding hydrogens is 486 g/mol. The van der Waals surface area contributed by atoms with Crippen LogP contribution in [-0.4, -0.2) is 23.5 Å². The Balaban J connectivity index is 1.42. The van der Waals surface area contributed by atoms with E-state index >= 15 is 0 Å². The first kappa shape index (κ1) is 25.0. The van der Waals surface area contributed by atoms with Crippen LogP contribution in [0.4, 0.5) is 0 Å². The zero-order valence-electron chi connectivity index (χ0n) is 21.6. The normalized spacial score (nSPS) is 26.7. The first-order valence-corrected chi connectivity index (χ1v) is 16.6. The molecule has 4 aromatic rings. The number of aliphatic hydroxyl groups excluding tert-OH is 1. The van der Waals surface area contributed by atoms with Crippen molar-refractivity contribution in [2.45, 2.75) is 32.3 Å². The van der Waals surface area contributed by atoms with Crippen molar-refractivity contribution in [3.8, 4) is 0 Å². The van der Waals surface area contributed by atoms with Crippen LogP contribution < -0.4 is 21.2 Å². The molecule has 0 unspecified atom stereocenters. The second-order valence-electron chi connectivity index (χ2n) is 11.1. The summed E-state index contributed by atoms with van der Waals surface area (Å²) in [4.78, 5) is 0. The first-order chi connectivity index (χ1) is 18.1. The molecule has 0 radical (unpaired) electrons. The first-order valence-electron chi connectivity index (χ1n) is 13.5. The van der Waals surface area contributed by atoms with Crippen molar-refractivity contribution in [1.82, 2.24) is 0 Å². The maximum atomic E-state index is 11.8. The van der Waals surface area contributed by atoms with Gasteiger partial charge in [0.25, 0.3) is 0 Å². The standard InChI is InChI=1S/C34H36OP2/c1-33(25-36(28-14-6-2-7-15-28)29-16-8-3-9-17-29)27-22-23-34(33,32(35)24-27)26-37(30-18-10-4-11-19-30)31-20-12-5-13-21-31/h2-21,27,32,35H,22-26H2,1H3/t27-,32-,33-,34-/m1/s1. The van der Waals surface area contributed by atoms with E-state index in [9.17, 15) is 5.11 Å². The summed E-state index contributed by atoms with van der Waals surface area (Å²) in [7, 11) is -1.07. The predicted molar refractivity (Wildman–Crippen MR) is 162 cm³/mol. The summed E-state index contributed by atoms with van der Waals surface area (Å²) in [5, 5.41) is 17.6. The van der Waals surface area contributed by atoms with Crippen LogP contribution in [0.5, 0.6) is 0 Å². The van der Waals surface area contributed by atoms with Crippen molar-refractivity contribution in [1.29, 1.82) is 0 Å². The molecule has 0 amide bonds. The number of benzene rings is 4. The summed E-state index contributed by atoms with van der Waals surface area (Å²) < 4.78 is 0. The van der Waals surface area contributed by atoms with Crippen molar-refractivity contribution >= 4 is 37.1 Å². The van der Waals surface area contributed by atoms with E-state index in [4.69, 9.17) is 0 Å². The molecule has 4 aromatic carbocycles. The SMILES string of the molecule is C[C@@]1(CP(c2ccccc2)c2ccccc2)[C@@H]2CC[C@@]1(CP(c1ccccc1)c1ccccc1)[C@H](O)C2. The topological polar surface area (TPSA) is 20.2 Å². The van der Waals surface area contributed by atoms with E-state index in [2.05, 4.69) is 128 Å². The molecule has 1 nitrogen and oxygen atoms in total.